The topological polar surface area (TPSA) is 32.5 Å². The lowest BCUT2D eigenvalue weighted by molar-refractivity contribution is 0.145. The summed E-state index contributed by atoms with van der Waals surface area (Å²) in [4.78, 5) is 4.79. The minimum atomic E-state index is 0.425. The van der Waals surface area contributed by atoms with Gasteiger partial charge in [0.15, 0.2) is 0 Å². The van der Waals surface area contributed by atoms with Crippen LogP contribution in [0.25, 0.3) is 0 Å². The van der Waals surface area contributed by atoms with Gasteiger partial charge in [0.1, 0.15) is 5.76 Å². The molecule has 0 radical (unpaired) electrons. The third-order valence-electron chi connectivity index (χ3n) is 3.13. The molecule has 1 aromatic heterocycles. The molecule has 2 heterocycles. The second kappa shape index (κ2) is 4.97. The molecule has 1 aromatic rings. The highest BCUT2D eigenvalue weighted by Crippen LogP contribution is 2.16. The van der Waals surface area contributed by atoms with Crippen molar-refractivity contribution >= 4 is 0 Å². The van der Waals surface area contributed by atoms with Crippen molar-refractivity contribution in [1.29, 1.82) is 0 Å². The Hall–Kier alpha value is -0.870. The molecule has 1 saturated heterocycles. The Morgan fingerprint density at radius 3 is 2.56 bits per heavy atom. The molecule has 16 heavy (non-hydrogen) atoms. The normalized spacial score (nSPS) is 19.5. The lowest BCUT2D eigenvalue weighted by Crippen LogP contribution is -2.43. The van der Waals surface area contributed by atoms with Crippen molar-refractivity contribution in [1.82, 2.24) is 15.0 Å². The van der Waals surface area contributed by atoms with Crippen LogP contribution in [0.15, 0.2) is 10.6 Å². The Morgan fingerprint density at radius 2 is 2.00 bits per heavy atom. The Morgan fingerprint density at radius 1 is 1.31 bits per heavy atom. The Balaban J connectivity index is 1.88. The largest absolute Gasteiger partial charge is 0.361 e. The Labute approximate surface area is 97.2 Å². The molecule has 0 saturated carbocycles. The van der Waals surface area contributed by atoms with E-state index in [0.717, 1.165) is 44.2 Å². The standard InChI is InChI=1S/C12H21N3O/c1-10(2)12-8-11(13-16-12)9-15-6-4-14(3)5-7-15/h8,10H,4-7,9H2,1-3H3. The van der Waals surface area contributed by atoms with Crippen LogP contribution in [0.3, 0.4) is 0 Å². The van der Waals surface area contributed by atoms with Crippen LogP contribution in [-0.2, 0) is 6.54 Å². The SMILES string of the molecule is CC(C)c1cc(CN2CCN(C)CC2)no1. The maximum atomic E-state index is 5.30. The van der Waals surface area contributed by atoms with E-state index in [9.17, 15) is 0 Å². The highest BCUT2D eigenvalue weighted by Gasteiger charge is 2.16. The van der Waals surface area contributed by atoms with Crippen LogP contribution >= 0.6 is 0 Å². The summed E-state index contributed by atoms with van der Waals surface area (Å²) in [5.41, 5.74) is 1.06. The van der Waals surface area contributed by atoms with E-state index in [1.54, 1.807) is 0 Å². The first-order chi connectivity index (χ1) is 7.65. The molecule has 0 spiro atoms. The maximum absolute atomic E-state index is 5.30. The van der Waals surface area contributed by atoms with Gasteiger partial charge in [0.25, 0.3) is 0 Å². The van der Waals surface area contributed by atoms with Gasteiger partial charge in [0.05, 0.1) is 5.69 Å². The van der Waals surface area contributed by atoms with E-state index in [1.807, 2.05) is 0 Å². The van der Waals surface area contributed by atoms with Crippen molar-refractivity contribution in [3.63, 3.8) is 0 Å². The number of hydrogen-bond donors (Lipinski definition) is 0. The van der Waals surface area contributed by atoms with Gasteiger partial charge in [-0.1, -0.05) is 19.0 Å². The van der Waals surface area contributed by atoms with Gasteiger partial charge >= 0.3 is 0 Å². The second-order valence-electron chi connectivity index (χ2n) is 4.95. The van der Waals surface area contributed by atoms with Crippen LogP contribution in [0.4, 0.5) is 0 Å². The molecule has 4 nitrogen and oxygen atoms in total. The van der Waals surface area contributed by atoms with E-state index in [0.29, 0.717) is 5.92 Å². The molecule has 0 atom stereocenters. The molecule has 4 heteroatoms. The molecule has 0 aliphatic carbocycles. The molecular weight excluding hydrogens is 202 g/mol. The molecular formula is C12H21N3O. The van der Waals surface area contributed by atoms with Crippen LogP contribution in [-0.4, -0.2) is 48.2 Å². The fourth-order valence-electron chi connectivity index (χ4n) is 1.91. The van der Waals surface area contributed by atoms with Crippen LogP contribution in [0.1, 0.15) is 31.2 Å². The summed E-state index contributed by atoms with van der Waals surface area (Å²) >= 11 is 0. The molecule has 0 amide bonds. The van der Waals surface area contributed by atoms with E-state index < -0.39 is 0 Å². The van der Waals surface area contributed by atoms with Crippen molar-refractivity contribution < 1.29 is 4.52 Å². The first-order valence-electron chi connectivity index (χ1n) is 6.01. The van der Waals surface area contributed by atoms with E-state index in [1.165, 1.54) is 0 Å². The van der Waals surface area contributed by atoms with Gasteiger partial charge in [-0.15, -0.1) is 0 Å². The molecule has 1 aliphatic heterocycles. The zero-order valence-corrected chi connectivity index (χ0v) is 10.4. The van der Waals surface area contributed by atoms with Crippen molar-refractivity contribution in [2.75, 3.05) is 33.2 Å². The lowest BCUT2D eigenvalue weighted by atomic mass is 10.1. The van der Waals surface area contributed by atoms with E-state index in [4.69, 9.17) is 4.52 Å². The van der Waals surface area contributed by atoms with Crippen LogP contribution < -0.4 is 0 Å². The lowest BCUT2D eigenvalue weighted by Gasteiger charge is -2.31. The predicted molar refractivity (Wildman–Crippen MR) is 63.4 cm³/mol. The quantitative estimate of drug-likeness (QED) is 0.778. The highest BCUT2D eigenvalue weighted by molar-refractivity contribution is 5.08. The van der Waals surface area contributed by atoms with E-state index in [2.05, 4.69) is 41.9 Å². The number of aromatic nitrogens is 1. The molecule has 1 aliphatic rings. The minimum absolute atomic E-state index is 0.425. The minimum Gasteiger partial charge on any atom is -0.361 e. The number of likely N-dealkylation sites (N-methyl/N-ethyl adjacent to an activating group) is 1. The van der Waals surface area contributed by atoms with E-state index >= 15 is 0 Å². The predicted octanol–water partition coefficient (Wildman–Crippen LogP) is 1.55. The number of nitrogens with zero attached hydrogens (tertiary/aromatic N) is 3. The first kappa shape index (κ1) is 11.6. The van der Waals surface area contributed by atoms with Crippen molar-refractivity contribution in [3.05, 3.63) is 17.5 Å². The summed E-state index contributed by atoms with van der Waals surface area (Å²) in [6.45, 7) is 9.72. The number of rotatable bonds is 3. The van der Waals surface area contributed by atoms with Gasteiger partial charge in [-0.25, -0.2) is 0 Å². The van der Waals surface area contributed by atoms with Gasteiger partial charge in [-0.3, -0.25) is 4.90 Å². The third-order valence-corrected chi connectivity index (χ3v) is 3.13. The summed E-state index contributed by atoms with van der Waals surface area (Å²) in [7, 11) is 2.17. The fourth-order valence-corrected chi connectivity index (χ4v) is 1.91. The maximum Gasteiger partial charge on any atom is 0.139 e. The summed E-state index contributed by atoms with van der Waals surface area (Å²) in [5.74, 6) is 1.41. The van der Waals surface area contributed by atoms with Gasteiger partial charge in [0, 0.05) is 44.7 Å². The Kier molecular flexibility index (Phi) is 3.61. The molecule has 1 fully saturated rings. The highest BCUT2D eigenvalue weighted by atomic mass is 16.5. The molecule has 0 aromatic carbocycles. The molecule has 0 unspecified atom stereocenters. The van der Waals surface area contributed by atoms with Crippen LogP contribution in [0.5, 0.6) is 0 Å². The van der Waals surface area contributed by atoms with E-state index in [-0.39, 0.29) is 0 Å². The van der Waals surface area contributed by atoms with Gasteiger partial charge < -0.3 is 9.42 Å². The van der Waals surface area contributed by atoms with Crippen LogP contribution in [0, 0.1) is 0 Å². The summed E-state index contributed by atoms with van der Waals surface area (Å²) in [6, 6.07) is 2.09. The molecule has 2 rings (SSSR count). The first-order valence-corrected chi connectivity index (χ1v) is 6.01. The molecule has 90 valence electrons. The average Bonchev–Trinajstić information content (AvgIpc) is 2.70. The number of piperazine rings is 1. The van der Waals surface area contributed by atoms with Gasteiger partial charge in [-0.05, 0) is 7.05 Å². The second-order valence-corrected chi connectivity index (χ2v) is 4.95. The zero-order valence-electron chi connectivity index (χ0n) is 10.4. The van der Waals surface area contributed by atoms with Crippen molar-refractivity contribution in [3.8, 4) is 0 Å². The molecule has 0 N–H and O–H groups in total. The zero-order chi connectivity index (χ0) is 11.5. The summed E-state index contributed by atoms with van der Waals surface area (Å²) in [5, 5.41) is 4.12. The average molecular weight is 223 g/mol. The smallest absolute Gasteiger partial charge is 0.139 e. The van der Waals surface area contributed by atoms with Crippen molar-refractivity contribution in [2.24, 2.45) is 0 Å². The van der Waals surface area contributed by atoms with Gasteiger partial charge in [0.2, 0.25) is 0 Å². The Bertz CT molecular complexity index is 327. The van der Waals surface area contributed by atoms with Crippen molar-refractivity contribution in [2.45, 2.75) is 26.3 Å². The van der Waals surface area contributed by atoms with Gasteiger partial charge in [-0.2, -0.15) is 0 Å². The van der Waals surface area contributed by atoms with Crippen LogP contribution in [0.2, 0.25) is 0 Å². The monoisotopic (exact) mass is 223 g/mol. The number of hydrogen-bond acceptors (Lipinski definition) is 4. The third kappa shape index (κ3) is 2.83. The summed E-state index contributed by atoms with van der Waals surface area (Å²) < 4.78 is 5.30. The summed E-state index contributed by atoms with van der Waals surface area (Å²) in [6.07, 6.45) is 0. The fraction of sp³-hybridized carbons (Fsp3) is 0.750. The molecule has 0 bridgehead atoms.